The van der Waals surface area contributed by atoms with Crippen LogP contribution < -0.4 is 5.32 Å². The molecule has 0 spiro atoms. The highest BCUT2D eigenvalue weighted by atomic mass is 35.5. The molecule has 0 saturated carbocycles. The van der Waals surface area contributed by atoms with Crippen LogP contribution in [0.5, 0.6) is 0 Å². The zero-order chi connectivity index (χ0) is 13.2. The van der Waals surface area contributed by atoms with E-state index in [1.54, 1.807) is 0 Å². The van der Waals surface area contributed by atoms with Crippen LogP contribution in [0.25, 0.3) is 0 Å². The van der Waals surface area contributed by atoms with Gasteiger partial charge in [0.25, 0.3) is 0 Å². The largest absolute Gasteiger partial charge is 0.372 e. The molecule has 2 bridgehead atoms. The van der Waals surface area contributed by atoms with Crippen molar-refractivity contribution >= 4 is 17.4 Å². The molecule has 3 rings (SSSR count). The van der Waals surface area contributed by atoms with Gasteiger partial charge in [0.05, 0.1) is 22.9 Å². The summed E-state index contributed by atoms with van der Waals surface area (Å²) >= 11 is 6.26. The molecule has 0 radical (unpaired) electrons. The molecule has 1 aromatic rings. The number of morpholine rings is 1. The number of pyridine rings is 1. The average Bonchev–Trinajstić information content (AvgIpc) is 2.73. The van der Waals surface area contributed by atoms with Gasteiger partial charge >= 0.3 is 0 Å². The van der Waals surface area contributed by atoms with Crippen molar-refractivity contribution in [2.45, 2.75) is 38.5 Å². The molecule has 0 aliphatic carbocycles. The maximum atomic E-state index is 6.26. The number of fused-ring (bicyclic) bond motifs is 2. The van der Waals surface area contributed by atoms with E-state index < -0.39 is 0 Å². The fraction of sp³-hybridized carbons (Fsp3) is 0.643. The van der Waals surface area contributed by atoms with Gasteiger partial charge in [-0.05, 0) is 31.9 Å². The van der Waals surface area contributed by atoms with Crippen LogP contribution in [0.4, 0.5) is 5.82 Å². The van der Waals surface area contributed by atoms with E-state index in [4.69, 9.17) is 16.3 Å². The lowest BCUT2D eigenvalue weighted by Gasteiger charge is -2.31. The van der Waals surface area contributed by atoms with Crippen molar-refractivity contribution in [3.05, 3.63) is 22.8 Å². The predicted octanol–water partition coefficient (Wildman–Crippen LogP) is 2.53. The molecule has 2 saturated heterocycles. The maximum Gasteiger partial charge on any atom is 0.126 e. The number of rotatable bonds is 4. The Morgan fingerprint density at radius 1 is 1.37 bits per heavy atom. The number of aromatic nitrogens is 1. The molecular formula is C14H20ClN3O. The second kappa shape index (κ2) is 5.65. The Kier molecular flexibility index (Phi) is 3.91. The van der Waals surface area contributed by atoms with Gasteiger partial charge in [0.1, 0.15) is 5.82 Å². The van der Waals surface area contributed by atoms with Crippen LogP contribution in [0.2, 0.25) is 5.02 Å². The first-order valence-electron chi connectivity index (χ1n) is 7.01. The van der Waals surface area contributed by atoms with Gasteiger partial charge in [-0.3, -0.25) is 4.90 Å². The molecule has 2 unspecified atom stereocenters. The van der Waals surface area contributed by atoms with Gasteiger partial charge in [-0.15, -0.1) is 0 Å². The highest BCUT2D eigenvalue weighted by Gasteiger charge is 2.33. The van der Waals surface area contributed by atoms with Crippen molar-refractivity contribution in [3.8, 4) is 0 Å². The fourth-order valence-corrected chi connectivity index (χ4v) is 3.08. The van der Waals surface area contributed by atoms with Crippen molar-refractivity contribution < 1.29 is 4.74 Å². The second-order valence-electron chi connectivity index (χ2n) is 5.31. The summed E-state index contributed by atoms with van der Waals surface area (Å²) in [5.74, 6) is 0.901. The number of hydrogen-bond acceptors (Lipinski definition) is 4. The first kappa shape index (κ1) is 13.2. The SMILES string of the molecule is CCNc1ccc(Cl)c(CN2CC3CCC(C2)O3)n1. The summed E-state index contributed by atoms with van der Waals surface area (Å²) in [4.78, 5) is 7.01. The van der Waals surface area contributed by atoms with E-state index >= 15 is 0 Å². The van der Waals surface area contributed by atoms with Crippen molar-refractivity contribution in [1.29, 1.82) is 0 Å². The van der Waals surface area contributed by atoms with Crippen LogP contribution in [0, 0.1) is 0 Å². The highest BCUT2D eigenvalue weighted by Crippen LogP contribution is 2.28. The fourth-order valence-electron chi connectivity index (χ4n) is 2.91. The van der Waals surface area contributed by atoms with E-state index in [0.717, 1.165) is 42.7 Å². The summed E-state index contributed by atoms with van der Waals surface area (Å²) in [6.07, 6.45) is 3.21. The third-order valence-corrected chi connectivity index (χ3v) is 4.11. The van der Waals surface area contributed by atoms with Crippen LogP contribution in [0.1, 0.15) is 25.5 Å². The molecule has 19 heavy (non-hydrogen) atoms. The Morgan fingerprint density at radius 3 is 2.79 bits per heavy atom. The summed E-state index contributed by atoms with van der Waals surface area (Å²) in [6, 6.07) is 3.86. The molecule has 4 nitrogen and oxygen atoms in total. The number of ether oxygens (including phenoxy) is 1. The van der Waals surface area contributed by atoms with Crippen molar-refractivity contribution in [1.82, 2.24) is 9.88 Å². The number of halogens is 1. The van der Waals surface area contributed by atoms with Gasteiger partial charge in [-0.25, -0.2) is 4.98 Å². The van der Waals surface area contributed by atoms with Crippen molar-refractivity contribution in [2.75, 3.05) is 25.0 Å². The van der Waals surface area contributed by atoms with Gasteiger partial charge in [0.2, 0.25) is 0 Å². The molecule has 5 heteroatoms. The second-order valence-corrected chi connectivity index (χ2v) is 5.71. The van der Waals surface area contributed by atoms with E-state index in [-0.39, 0.29) is 0 Å². The molecule has 0 amide bonds. The van der Waals surface area contributed by atoms with Crippen LogP contribution in [-0.4, -0.2) is 41.7 Å². The summed E-state index contributed by atoms with van der Waals surface area (Å²) in [7, 11) is 0. The molecule has 2 atom stereocenters. The molecule has 2 aliphatic heterocycles. The quantitative estimate of drug-likeness (QED) is 0.920. The monoisotopic (exact) mass is 281 g/mol. The number of nitrogens with one attached hydrogen (secondary N) is 1. The molecule has 1 aromatic heterocycles. The minimum atomic E-state index is 0.412. The molecule has 104 valence electrons. The number of likely N-dealkylation sites (tertiary alicyclic amines) is 1. The van der Waals surface area contributed by atoms with Crippen LogP contribution in [-0.2, 0) is 11.3 Å². The van der Waals surface area contributed by atoms with Crippen molar-refractivity contribution in [3.63, 3.8) is 0 Å². The minimum absolute atomic E-state index is 0.412. The van der Waals surface area contributed by atoms with Gasteiger partial charge < -0.3 is 10.1 Å². The zero-order valence-electron chi connectivity index (χ0n) is 11.2. The Hall–Kier alpha value is -0.840. The van der Waals surface area contributed by atoms with Gasteiger partial charge in [0, 0.05) is 26.2 Å². The lowest BCUT2D eigenvalue weighted by Crippen LogP contribution is -2.42. The summed E-state index contributed by atoms with van der Waals surface area (Å²) < 4.78 is 5.85. The number of anilines is 1. The van der Waals surface area contributed by atoms with E-state index in [0.29, 0.717) is 12.2 Å². The van der Waals surface area contributed by atoms with Crippen molar-refractivity contribution in [2.24, 2.45) is 0 Å². The van der Waals surface area contributed by atoms with Crippen LogP contribution in [0.3, 0.4) is 0 Å². The topological polar surface area (TPSA) is 37.4 Å². The zero-order valence-corrected chi connectivity index (χ0v) is 12.0. The Labute approximate surface area is 119 Å². The summed E-state index contributed by atoms with van der Waals surface area (Å²) in [5.41, 5.74) is 0.960. The van der Waals surface area contributed by atoms with Gasteiger partial charge in [-0.2, -0.15) is 0 Å². The molecule has 1 N–H and O–H groups in total. The summed E-state index contributed by atoms with van der Waals surface area (Å²) in [6.45, 7) is 5.75. The summed E-state index contributed by atoms with van der Waals surface area (Å²) in [5, 5.41) is 3.98. The Balaban J connectivity index is 1.70. The average molecular weight is 282 g/mol. The first-order valence-corrected chi connectivity index (χ1v) is 7.39. The minimum Gasteiger partial charge on any atom is -0.372 e. The maximum absolute atomic E-state index is 6.26. The van der Waals surface area contributed by atoms with Crippen LogP contribution >= 0.6 is 11.6 Å². The van der Waals surface area contributed by atoms with E-state index in [2.05, 4.69) is 22.1 Å². The normalized spacial score (nSPS) is 26.6. The first-order chi connectivity index (χ1) is 9.24. The molecule has 2 aliphatic rings. The number of hydrogen-bond donors (Lipinski definition) is 1. The van der Waals surface area contributed by atoms with E-state index in [1.807, 2.05) is 12.1 Å². The van der Waals surface area contributed by atoms with E-state index in [9.17, 15) is 0 Å². The molecule has 0 aromatic carbocycles. The Morgan fingerprint density at radius 2 is 2.11 bits per heavy atom. The number of nitrogens with zero attached hydrogens (tertiary/aromatic N) is 2. The standard InChI is InChI=1S/C14H20ClN3O/c1-2-16-14-6-5-12(15)13(17-14)9-18-7-10-3-4-11(8-18)19-10/h5-6,10-11H,2-4,7-9H2,1H3,(H,16,17). The van der Waals surface area contributed by atoms with Gasteiger partial charge in [0.15, 0.2) is 0 Å². The Bertz CT molecular complexity index is 442. The lowest BCUT2D eigenvalue weighted by molar-refractivity contribution is -0.0413. The van der Waals surface area contributed by atoms with Gasteiger partial charge in [-0.1, -0.05) is 11.6 Å². The molecule has 3 heterocycles. The lowest BCUT2D eigenvalue weighted by atomic mass is 10.2. The third kappa shape index (κ3) is 3.02. The molecule has 2 fully saturated rings. The predicted molar refractivity (Wildman–Crippen MR) is 76.6 cm³/mol. The van der Waals surface area contributed by atoms with Crippen LogP contribution in [0.15, 0.2) is 12.1 Å². The molecular weight excluding hydrogens is 262 g/mol. The smallest absolute Gasteiger partial charge is 0.126 e. The highest BCUT2D eigenvalue weighted by molar-refractivity contribution is 6.31. The third-order valence-electron chi connectivity index (χ3n) is 3.77. The van der Waals surface area contributed by atoms with E-state index in [1.165, 1.54) is 12.8 Å².